The number of hydrogen-bond acceptors (Lipinski definition) is 6. The number of hydrogen-bond donors (Lipinski definition) is 1. The van der Waals surface area contributed by atoms with Crippen molar-refractivity contribution < 1.29 is 9.90 Å². The molecule has 1 N–H and O–H groups in total. The highest BCUT2D eigenvalue weighted by molar-refractivity contribution is 8.03. The minimum absolute atomic E-state index is 0.192. The molecule has 0 saturated carbocycles. The summed E-state index contributed by atoms with van der Waals surface area (Å²) >= 11 is 2.64. The van der Waals surface area contributed by atoms with E-state index in [0.717, 1.165) is 26.9 Å². The lowest BCUT2D eigenvalue weighted by molar-refractivity contribution is -0.130. The van der Waals surface area contributed by atoms with Crippen LogP contribution in [-0.2, 0) is 11.3 Å². The molecule has 0 radical (unpaired) electrons. The van der Waals surface area contributed by atoms with Crippen LogP contribution in [0.1, 0.15) is 13.3 Å². The Morgan fingerprint density at radius 2 is 2.07 bits per heavy atom. The SMILES string of the molecule is CCCn1c(=O)/c(=C/C=C2/Sc3ccccc3N2C)s/c1=C(/C#N)C(=O)O. The van der Waals surface area contributed by atoms with E-state index in [2.05, 4.69) is 0 Å². The third kappa shape index (κ3) is 3.56. The predicted molar refractivity (Wildman–Crippen MR) is 108 cm³/mol. The maximum absolute atomic E-state index is 12.7. The molecule has 1 aromatic heterocycles. The van der Waals surface area contributed by atoms with Gasteiger partial charge < -0.3 is 10.0 Å². The van der Waals surface area contributed by atoms with Crippen LogP contribution in [0.25, 0.3) is 11.6 Å². The largest absolute Gasteiger partial charge is 0.477 e. The van der Waals surface area contributed by atoms with Crippen LogP contribution >= 0.6 is 23.1 Å². The minimum atomic E-state index is -1.32. The number of allylic oxidation sites excluding steroid dienone is 1. The van der Waals surface area contributed by atoms with Gasteiger partial charge in [0.1, 0.15) is 10.7 Å². The van der Waals surface area contributed by atoms with Gasteiger partial charge in [0, 0.05) is 18.5 Å². The van der Waals surface area contributed by atoms with E-state index >= 15 is 0 Å². The first kappa shape index (κ1) is 19.0. The summed E-state index contributed by atoms with van der Waals surface area (Å²) in [4.78, 5) is 27.2. The predicted octanol–water partition coefficient (Wildman–Crippen LogP) is 1.94. The molecule has 2 heterocycles. The molecule has 6 nitrogen and oxygen atoms in total. The summed E-state index contributed by atoms with van der Waals surface area (Å²) in [5.74, 6) is -1.32. The molecule has 0 fully saturated rings. The molecule has 1 aliphatic rings. The van der Waals surface area contributed by atoms with Gasteiger partial charge in [-0.15, -0.1) is 11.3 Å². The molecule has 8 heteroatoms. The van der Waals surface area contributed by atoms with Crippen molar-refractivity contribution in [3.63, 3.8) is 0 Å². The van der Waals surface area contributed by atoms with Gasteiger partial charge in [-0.1, -0.05) is 30.8 Å². The van der Waals surface area contributed by atoms with E-state index in [1.165, 1.54) is 4.57 Å². The summed E-state index contributed by atoms with van der Waals surface area (Å²) in [7, 11) is 1.96. The van der Waals surface area contributed by atoms with Crippen molar-refractivity contribution in [2.75, 3.05) is 11.9 Å². The lowest BCUT2D eigenvalue weighted by atomic mass is 10.3. The minimum Gasteiger partial charge on any atom is -0.477 e. The Kier molecular flexibility index (Phi) is 5.54. The van der Waals surface area contributed by atoms with Gasteiger partial charge in [0.05, 0.1) is 15.2 Å². The zero-order valence-corrected chi connectivity index (χ0v) is 16.4. The number of aliphatic carboxylic acids is 1. The van der Waals surface area contributed by atoms with Gasteiger partial charge in [-0.05, 0) is 30.7 Å². The van der Waals surface area contributed by atoms with Crippen LogP contribution in [0.2, 0.25) is 0 Å². The van der Waals surface area contributed by atoms with Gasteiger partial charge in [-0.2, -0.15) is 5.26 Å². The first-order valence-electron chi connectivity index (χ1n) is 8.27. The number of carbonyl (C=O) groups is 1. The molecular weight excluding hydrogens is 382 g/mol. The average molecular weight is 399 g/mol. The second-order valence-electron chi connectivity index (χ2n) is 5.82. The molecule has 1 aliphatic heterocycles. The van der Waals surface area contributed by atoms with E-state index in [-0.39, 0.29) is 10.2 Å². The number of thiazole rings is 1. The number of aromatic nitrogens is 1. The van der Waals surface area contributed by atoms with Crippen LogP contribution in [0.3, 0.4) is 0 Å². The Balaban J connectivity index is 2.13. The molecule has 3 rings (SSSR count). The van der Waals surface area contributed by atoms with Crippen molar-refractivity contribution in [3.05, 3.63) is 54.9 Å². The fourth-order valence-corrected chi connectivity index (χ4v) is 4.86. The summed E-state index contributed by atoms with van der Waals surface area (Å²) in [6.07, 6.45) is 4.21. The van der Waals surface area contributed by atoms with Crippen LogP contribution in [-0.4, -0.2) is 22.7 Å². The molecule has 138 valence electrons. The van der Waals surface area contributed by atoms with Gasteiger partial charge in [-0.25, -0.2) is 4.79 Å². The summed E-state index contributed by atoms with van der Waals surface area (Å²) in [5, 5.41) is 19.4. The molecule has 0 atom stereocenters. The van der Waals surface area contributed by atoms with Crippen molar-refractivity contribution in [1.29, 1.82) is 5.26 Å². The summed E-state index contributed by atoms with van der Waals surface area (Å²) in [6.45, 7) is 2.26. The molecule has 1 aromatic carbocycles. The number of nitrogens with zero attached hydrogens (tertiary/aromatic N) is 3. The topological polar surface area (TPSA) is 86.3 Å². The van der Waals surface area contributed by atoms with Gasteiger partial charge in [0.25, 0.3) is 5.56 Å². The van der Waals surface area contributed by atoms with Gasteiger partial charge in [0.15, 0.2) is 5.57 Å². The zero-order valence-electron chi connectivity index (χ0n) is 14.8. The van der Waals surface area contributed by atoms with Crippen molar-refractivity contribution in [3.8, 4) is 6.07 Å². The average Bonchev–Trinajstić information content (AvgIpc) is 3.13. The van der Waals surface area contributed by atoms with Crippen molar-refractivity contribution in [1.82, 2.24) is 4.57 Å². The van der Waals surface area contributed by atoms with E-state index in [1.54, 1.807) is 23.9 Å². The Morgan fingerprint density at radius 1 is 1.33 bits per heavy atom. The van der Waals surface area contributed by atoms with Crippen LogP contribution in [0, 0.1) is 11.3 Å². The number of para-hydroxylation sites is 1. The highest BCUT2D eigenvalue weighted by atomic mass is 32.2. The van der Waals surface area contributed by atoms with Crippen LogP contribution in [0.4, 0.5) is 5.69 Å². The van der Waals surface area contributed by atoms with Crippen molar-refractivity contribution in [2.24, 2.45) is 0 Å². The second-order valence-corrected chi connectivity index (χ2v) is 7.91. The number of fused-ring (bicyclic) bond motifs is 1. The Labute approximate surface area is 164 Å². The molecule has 0 aliphatic carbocycles. The van der Waals surface area contributed by atoms with E-state index in [4.69, 9.17) is 0 Å². The number of nitriles is 1. The van der Waals surface area contributed by atoms with Crippen molar-refractivity contribution in [2.45, 2.75) is 24.8 Å². The normalized spacial score (nSPS) is 16.4. The van der Waals surface area contributed by atoms with E-state index < -0.39 is 11.5 Å². The van der Waals surface area contributed by atoms with E-state index in [1.807, 2.05) is 49.2 Å². The van der Waals surface area contributed by atoms with Gasteiger partial charge in [0.2, 0.25) is 0 Å². The molecule has 0 saturated heterocycles. The number of rotatable bonds is 4. The lowest BCUT2D eigenvalue weighted by Gasteiger charge is -2.12. The Bertz CT molecular complexity index is 1150. The molecular formula is C19H17N3O3S2. The fraction of sp³-hybridized carbons (Fsp3) is 0.211. The van der Waals surface area contributed by atoms with Gasteiger partial charge >= 0.3 is 5.97 Å². The lowest BCUT2D eigenvalue weighted by Crippen LogP contribution is -2.32. The molecule has 0 amide bonds. The zero-order chi connectivity index (χ0) is 19.6. The first-order valence-corrected chi connectivity index (χ1v) is 9.91. The highest BCUT2D eigenvalue weighted by Crippen LogP contribution is 2.44. The first-order chi connectivity index (χ1) is 13.0. The van der Waals surface area contributed by atoms with Crippen molar-refractivity contribution >= 4 is 46.4 Å². The monoisotopic (exact) mass is 399 g/mol. The summed E-state index contributed by atoms with van der Waals surface area (Å²) < 4.78 is 1.98. The molecule has 27 heavy (non-hydrogen) atoms. The van der Waals surface area contributed by atoms with Gasteiger partial charge in [-0.3, -0.25) is 9.36 Å². The fourth-order valence-electron chi connectivity index (χ4n) is 2.75. The van der Waals surface area contributed by atoms with E-state index in [9.17, 15) is 20.0 Å². The quantitative estimate of drug-likeness (QED) is 0.846. The number of thioether (sulfide) groups is 1. The number of anilines is 1. The van der Waals surface area contributed by atoms with Crippen LogP contribution in [0.15, 0.2) is 45.1 Å². The molecule has 0 spiro atoms. The number of benzene rings is 1. The highest BCUT2D eigenvalue weighted by Gasteiger charge is 2.20. The Morgan fingerprint density at radius 3 is 2.70 bits per heavy atom. The maximum atomic E-state index is 12.7. The summed E-state index contributed by atoms with van der Waals surface area (Å²) in [5.41, 5.74) is 0.423. The standard InChI is InChI=1S/C19H17N3O3S2/c1-3-10-22-17(23)15(27-18(22)12(11-20)19(24)25)8-9-16-21(2)13-6-4-5-7-14(13)26-16/h4-9H,3,10H2,1-2H3,(H,24,25)/b15-8-,16-9+,18-12-. The summed E-state index contributed by atoms with van der Waals surface area (Å²) in [6, 6.07) is 9.72. The third-order valence-electron chi connectivity index (χ3n) is 4.04. The third-order valence-corrected chi connectivity index (χ3v) is 6.38. The van der Waals surface area contributed by atoms with Crippen LogP contribution < -0.4 is 19.7 Å². The smallest absolute Gasteiger partial charge is 0.349 e. The van der Waals surface area contributed by atoms with E-state index in [0.29, 0.717) is 17.5 Å². The maximum Gasteiger partial charge on any atom is 0.349 e. The molecule has 0 bridgehead atoms. The molecule has 2 aromatic rings. The number of carboxylic acids is 1. The Hall–Kier alpha value is -2.76. The second kappa shape index (κ2) is 7.86. The number of carboxylic acid groups (broad SMARTS) is 1. The molecule has 0 unspecified atom stereocenters. The van der Waals surface area contributed by atoms with Crippen LogP contribution in [0.5, 0.6) is 0 Å².